The summed E-state index contributed by atoms with van der Waals surface area (Å²) in [6.07, 6.45) is 2.73. The monoisotopic (exact) mass is 362 g/mol. The Hall–Kier alpha value is -2.61. The third-order valence-electron chi connectivity index (χ3n) is 3.97. The van der Waals surface area contributed by atoms with Crippen molar-refractivity contribution in [3.05, 3.63) is 63.3 Å². The van der Waals surface area contributed by atoms with Crippen molar-refractivity contribution in [2.24, 2.45) is 4.36 Å². The minimum absolute atomic E-state index is 0.0475. The van der Waals surface area contributed by atoms with E-state index in [9.17, 15) is 23.0 Å². The topological polar surface area (TPSA) is 96.4 Å². The highest BCUT2D eigenvalue weighted by molar-refractivity contribution is 7.93. The molecule has 0 radical (unpaired) electrons. The SMILES string of the molecule is CS(=O)(=NC(=O)c1cc2c([nH]c1=O)CCCC2=O)c1cccc(F)c1. The van der Waals surface area contributed by atoms with E-state index in [0.29, 0.717) is 25.0 Å². The summed E-state index contributed by atoms with van der Waals surface area (Å²) in [4.78, 5) is 39.0. The Morgan fingerprint density at radius 1 is 1.24 bits per heavy atom. The minimum Gasteiger partial charge on any atom is -0.325 e. The zero-order chi connectivity index (χ0) is 18.2. The minimum atomic E-state index is -3.23. The second-order valence-electron chi connectivity index (χ2n) is 5.84. The number of Topliss-reactive ketones (excluding diaryl/α,β-unsaturated/α-hetero) is 1. The normalized spacial score (nSPS) is 16.0. The van der Waals surface area contributed by atoms with Gasteiger partial charge in [-0.05, 0) is 37.1 Å². The summed E-state index contributed by atoms with van der Waals surface area (Å²) >= 11 is 0. The van der Waals surface area contributed by atoms with Crippen molar-refractivity contribution in [1.29, 1.82) is 0 Å². The van der Waals surface area contributed by atoms with Crippen molar-refractivity contribution >= 4 is 21.4 Å². The maximum absolute atomic E-state index is 13.3. The molecule has 1 heterocycles. The van der Waals surface area contributed by atoms with Gasteiger partial charge in [0, 0.05) is 23.9 Å². The van der Waals surface area contributed by atoms with Gasteiger partial charge in [0.25, 0.3) is 11.5 Å². The molecule has 6 nitrogen and oxygen atoms in total. The summed E-state index contributed by atoms with van der Waals surface area (Å²) in [7, 11) is -3.23. The number of hydrogen-bond donors (Lipinski definition) is 1. The molecule has 1 unspecified atom stereocenters. The van der Waals surface area contributed by atoms with Gasteiger partial charge >= 0.3 is 0 Å². The number of aryl methyl sites for hydroxylation is 1. The van der Waals surface area contributed by atoms with Gasteiger partial charge in [-0.25, -0.2) is 8.60 Å². The number of rotatable bonds is 2. The van der Waals surface area contributed by atoms with Crippen molar-refractivity contribution in [3.8, 4) is 0 Å². The van der Waals surface area contributed by atoms with E-state index < -0.39 is 27.0 Å². The van der Waals surface area contributed by atoms with Crippen molar-refractivity contribution in [1.82, 2.24) is 4.98 Å². The summed E-state index contributed by atoms with van der Waals surface area (Å²) < 4.78 is 29.6. The van der Waals surface area contributed by atoms with Gasteiger partial charge in [0.2, 0.25) is 0 Å². The quantitative estimate of drug-likeness (QED) is 0.887. The van der Waals surface area contributed by atoms with Crippen LogP contribution in [0.2, 0.25) is 0 Å². The van der Waals surface area contributed by atoms with E-state index in [4.69, 9.17) is 0 Å². The largest absolute Gasteiger partial charge is 0.325 e. The number of aromatic nitrogens is 1. The summed E-state index contributed by atoms with van der Waals surface area (Å²) in [5.74, 6) is -1.76. The Morgan fingerprint density at radius 3 is 2.72 bits per heavy atom. The number of ketones is 1. The number of nitrogens with zero attached hydrogens (tertiary/aromatic N) is 1. The second kappa shape index (κ2) is 6.36. The van der Waals surface area contributed by atoms with Crippen LogP contribution in [0.5, 0.6) is 0 Å². The first-order valence-corrected chi connectivity index (χ1v) is 9.52. The number of carbonyl (C=O) groups is 2. The molecule has 8 heteroatoms. The molecule has 25 heavy (non-hydrogen) atoms. The van der Waals surface area contributed by atoms with Crippen LogP contribution in [0.25, 0.3) is 0 Å². The van der Waals surface area contributed by atoms with E-state index >= 15 is 0 Å². The molecule has 130 valence electrons. The summed E-state index contributed by atoms with van der Waals surface area (Å²) in [6, 6.07) is 6.17. The first kappa shape index (κ1) is 17.2. The molecule has 0 saturated carbocycles. The van der Waals surface area contributed by atoms with Crippen LogP contribution < -0.4 is 5.56 Å². The number of H-pyrrole nitrogens is 1. The highest BCUT2D eigenvalue weighted by Crippen LogP contribution is 2.20. The van der Waals surface area contributed by atoms with Gasteiger partial charge in [-0.1, -0.05) is 6.07 Å². The number of pyridine rings is 1. The molecule has 0 spiro atoms. The van der Waals surface area contributed by atoms with Crippen LogP contribution in [0.15, 0.2) is 44.4 Å². The number of nitrogens with one attached hydrogen (secondary N) is 1. The van der Waals surface area contributed by atoms with E-state index in [0.717, 1.165) is 6.07 Å². The maximum atomic E-state index is 13.3. The Labute approximate surface area is 143 Å². The first-order valence-electron chi connectivity index (χ1n) is 7.59. The average molecular weight is 362 g/mol. The molecule has 0 bridgehead atoms. The predicted molar refractivity (Wildman–Crippen MR) is 89.8 cm³/mol. The van der Waals surface area contributed by atoms with Gasteiger partial charge in [-0.3, -0.25) is 14.4 Å². The zero-order valence-corrected chi connectivity index (χ0v) is 14.2. The number of benzene rings is 1. The van der Waals surface area contributed by atoms with Crippen LogP contribution in [0.4, 0.5) is 4.39 Å². The molecule has 0 saturated heterocycles. The zero-order valence-electron chi connectivity index (χ0n) is 13.4. The molecule has 1 aromatic heterocycles. The van der Waals surface area contributed by atoms with E-state index in [1.807, 2.05) is 0 Å². The summed E-state index contributed by atoms with van der Waals surface area (Å²) in [5.41, 5.74) is -0.241. The lowest BCUT2D eigenvalue weighted by Gasteiger charge is -2.14. The van der Waals surface area contributed by atoms with Gasteiger partial charge in [-0.2, -0.15) is 4.36 Å². The fourth-order valence-corrected chi connectivity index (χ4v) is 3.88. The van der Waals surface area contributed by atoms with Crippen molar-refractivity contribution < 1.29 is 18.2 Å². The molecular weight excluding hydrogens is 347 g/mol. The first-order chi connectivity index (χ1) is 11.8. The van der Waals surface area contributed by atoms with Gasteiger partial charge in [-0.15, -0.1) is 0 Å². The Balaban J connectivity index is 2.07. The van der Waals surface area contributed by atoms with E-state index in [1.165, 1.54) is 30.5 Å². The average Bonchev–Trinajstić information content (AvgIpc) is 2.54. The molecule has 0 aliphatic heterocycles. The number of carbonyl (C=O) groups excluding carboxylic acids is 2. The van der Waals surface area contributed by atoms with Crippen LogP contribution in [0.1, 0.15) is 39.3 Å². The third-order valence-corrected chi connectivity index (χ3v) is 5.62. The standard InChI is InChI=1S/C17H15FN2O4S/c1-25(24,11-5-2-4-10(18)8-11)20-17(23)13-9-12-14(19-16(13)22)6-3-7-15(12)21/h2,4-5,8-9H,3,6-7H2,1H3,(H,19,22). The fraction of sp³-hybridized carbons (Fsp3) is 0.235. The molecule has 3 rings (SSSR count). The fourth-order valence-electron chi connectivity index (χ4n) is 2.70. The highest BCUT2D eigenvalue weighted by Gasteiger charge is 2.22. The van der Waals surface area contributed by atoms with Gasteiger partial charge < -0.3 is 4.98 Å². The smallest absolute Gasteiger partial charge is 0.290 e. The Kier molecular flexibility index (Phi) is 4.38. The van der Waals surface area contributed by atoms with Gasteiger partial charge in [0.05, 0.1) is 14.6 Å². The van der Waals surface area contributed by atoms with Crippen LogP contribution in [-0.2, 0) is 16.1 Å². The highest BCUT2D eigenvalue weighted by atomic mass is 32.2. The predicted octanol–water partition coefficient (Wildman–Crippen LogP) is 2.33. The molecule has 1 aliphatic rings. The lowest BCUT2D eigenvalue weighted by molar-refractivity contribution is 0.0971. The van der Waals surface area contributed by atoms with Crippen LogP contribution in [0.3, 0.4) is 0 Å². The van der Waals surface area contributed by atoms with Crippen molar-refractivity contribution in [2.45, 2.75) is 24.2 Å². The number of halogens is 1. The molecule has 1 aliphatic carbocycles. The summed E-state index contributed by atoms with van der Waals surface area (Å²) in [5, 5.41) is 0. The number of fused-ring (bicyclic) bond motifs is 1. The molecule has 1 aromatic carbocycles. The van der Waals surface area contributed by atoms with Gasteiger partial charge in [0.1, 0.15) is 11.4 Å². The molecular formula is C17H15FN2O4S. The number of amides is 1. The lowest BCUT2D eigenvalue weighted by atomic mass is 9.94. The maximum Gasteiger partial charge on any atom is 0.290 e. The van der Waals surface area contributed by atoms with Crippen LogP contribution >= 0.6 is 0 Å². The third kappa shape index (κ3) is 3.43. The van der Waals surface area contributed by atoms with Gasteiger partial charge in [0.15, 0.2) is 5.78 Å². The molecule has 0 fully saturated rings. The van der Waals surface area contributed by atoms with Crippen molar-refractivity contribution in [3.63, 3.8) is 0 Å². The van der Waals surface area contributed by atoms with Crippen LogP contribution in [0, 0.1) is 5.82 Å². The Morgan fingerprint density at radius 2 is 2.00 bits per heavy atom. The molecule has 1 amide bonds. The second-order valence-corrected chi connectivity index (χ2v) is 8.10. The molecule has 2 aromatic rings. The molecule has 1 atom stereocenters. The summed E-state index contributed by atoms with van der Waals surface area (Å²) in [6.45, 7) is 0. The number of hydrogen-bond acceptors (Lipinski definition) is 4. The Bertz CT molecular complexity index is 1060. The van der Waals surface area contributed by atoms with E-state index in [-0.39, 0.29) is 21.8 Å². The van der Waals surface area contributed by atoms with E-state index in [2.05, 4.69) is 9.35 Å². The number of aromatic amines is 1. The lowest BCUT2D eigenvalue weighted by Crippen LogP contribution is -2.24. The van der Waals surface area contributed by atoms with Crippen LogP contribution in [-0.4, -0.2) is 27.1 Å². The molecule has 1 N–H and O–H groups in total. The van der Waals surface area contributed by atoms with E-state index in [1.54, 1.807) is 0 Å². The van der Waals surface area contributed by atoms with Crippen molar-refractivity contribution in [2.75, 3.05) is 6.26 Å².